The third-order valence-electron chi connectivity index (χ3n) is 4.31. The fourth-order valence-electron chi connectivity index (χ4n) is 2.93. The molecule has 0 saturated carbocycles. The molecular formula is C20H18BrFN2O. The van der Waals surface area contributed by atoms with Crippen LogP contribution in [0.15, 0.2) is 46.9 Å². The largest absolute Gasteiger partial charge is 0.352 e. The SMILES string of the molecule is Cc1nc2ccccc2c(C)c1CC(=O)NCc1cc(F)ccc1Br. The van der Waals surface area contributed by atoms with Crippen LogP contribution in [-0.4, -0.2) is 10.9 Å². The number of aryl methyl sites for hydroxylation is 2. The lowest BCUT2D eigenvalue weighted by Gasteiger charge is -2.13. The third kappa shape index (κ3) is 3.87. The van der Waals surface area contributed by atoms with Gasteiger partial charge in [-0.05, 0) is 54.8 Å². The van der Waals surface area contributed by atoms with Crippen molar-refractivity contribution < 1.29 is 9.18 Å². The molecule has 0 aliphatic heterocycles. The molecule has 0 bridgehead atoms. The molecule has 0 aliphatic carbocycles. The van der Waals surface area contributed by atoms with Crippen molar-refractivity contribution in [2.75, 3.05) is 0 Å². The molecule has 0 fully saturated rings. The van der Waals surface area contributed by atoms with E-state index in [1.807, 2.05) is 38.1 Å². The lowest BCUT2D eigenvalue weighted by molar-refractivity contribution is -0.120. The highest BCUT2D eigenvalue weighted by molar-refractivity contribution is 9.10. The minimum atomic E-state index is -0.321. The number of nitrogens with one attached hydrogen (secondary N) is 1. The zero-order valence-corrected chi connectivity index (χ0v) is 15.7. The number of para-hydroxylation sites is 1. The van der Waals surface area contributed by atoms with Gasteiger partial charge in [-0.1, -0.05) is 34.1 Å². The molecule has 3 aromatic rings. The molecule has 0 spiro atoms. The maximum Gasteiger partial charge on any atom is 0.224 e. The predicted molar refractivity (Wildman–Crippen MR) is 101 cm³/mol. The summed E-state index contributed by atoms with van der Waals surface area (Å²) in [6.07, 6.45) is 0.252. The van der Waals surface area contributed by atoms with Crippen LogP contribution in [-0.2, 0) is 17.8 Å². The van der Waals surface area contributed by atoms with Gasteiger partial charge in [0.05, 0.1) is 11.9 Å². The van der Waals surface area contributed by atoms with Crippen molar-refractivity contribution in [3.8, 4) is 0 Å². The molecule has 1 amide bonds. The standard InChI is InChI=1S/C20H18BrFN2O/c1-12-16-5-3-4-6-19(16)24-13(2)17(12)10-20(25)23-11-14-9-15(22)7-8-18(14)21/h3-9H,10-11H2,1-2H3,(H,23,25). The number of rotatable bonds is 4. The smallest absolute Gasteiger partial charge is 0.224 e. The Balaban J connectivity index is 1.77. The van der Waals surface area contributed by atoms with Crippen molar-refractivity contribution in [3.05, 3.63) is 75.1 Å². The highest BCUT2D eigenvalue weighted by Gasteiger charge is 2.13. The lowest BCUT2D eigenvalue weighted by Crippen LogP contribution is -2.25. The highest BCUT2D eigenvalue weighted by atomic mass is 79.9. The molecule has 0 aliphatic rings. The van der Waals surface area contributed by atoms with Crippen molar-refractivity contribution in [3.63, 3.8) is 0 Å². The Labute approximate surface area is 154 Å². The van der Waals surface area contributed by atoms with Gasteiger partial charge >= 0.3 is 0 Å². The number of aromatic nitrogens is 1. The van der Waals surface area contributed by atoms with Gasteiger partial charge in [0.25, 0.3) is 0 Å². The first-order valence-corrected chi connectivity index (χ1v) is 8.80. The summed E-state index contributed by atoms with van der Waals surface area (Å²) < 4.78 is 14.1. The number of hydrogen-bond donors (Lipinski definition) is 1. The molecule has 1 aromatic heterocycles. The van der Waals surface area contributed by atoms with E-state index in [2.05, 4.69) is 26.2 Å². The minimum Gasteiger partial charge on any atom is -0.352 e. The van der Waals surface area contributed by atoms with Crippen LogP contribution in [0, 0.1) is 19.7 Å². The van der Waals surface area contributed by atoms with Crippen LogP contribution in [0.5, 0.6) is 0 Å². The van der Waals surface area contributed by atoms with E-state index in [1.54, 1.807) is 6.07 Å². The molecule has 0 radical (unpaired) electrons. The number of amides is 1. The molecule has 1 N–H and O–H groups in total. The molecule has 25 heavy (non-hydrogen) atoms. The number of benzene rings is 2. The monoisotopic (exact) mass is 400 g/mol. The molecule has 0 unspecified atom stereocenters. The first-order valence-electron chi connectivity index (χ1n) is 8.01. The predicted octanol–water partition coefficient (Wildman–Crippen LogP) is 4.61. The van der Waals surface area contributed by atoms with Gasteiger partial charge in [-0.15, -0.1) is 0 Å². The van der Waals surface area contributed by atoms with Crippen LogP contribution in [0.4, 0.5) is 4.39 Å². The Morgan fingerprint density at radius 3 is 2.76 bits per heavy atom. The maximum atomic E-state index is 13.3. The second-order valence-corrected chi connectivity index (χ2v) is 6.86. The van der Waals surface area contributed by atoms with E-state index in [9.17, 15) is 9.18 Å². The van der Waals surface area contributed by atoms with Crippen molar-refractivity contribution >= 4 is 32.7 Å². The Morgan fingerprint density at radius 2 is 1.96 bits per heavy atom. The van der Waals surface area contributed by atoms with E-state index in [0.717, 1.165) is 32.2 Å². The quantitative estimate of drug-likeness (QED) is 0.694. The van der Waals surface area contributed by atoms with E-state index < -0.39 is 0 Å². The van der Waals surface area contributed by atoms with Gasteiger partial charge in [-0.2, -0.15) is 0 Å². The van der Waals surface area contributed by atoms with Gasteiger partial charge < -0.3 is 5.32 Å². The van der Waals surface area contributed by atoms with E-state index >= 15 is 0 Å². The summed E-state index contributed by atoms with van der Waals surface area (Å²) in [5, 5.41) is 3.91. The lowest BCUT2D eigenvalue weighted by atomic mass is 9.99. The van der Waals surface area contributed by atoms with E-state index in [-0.39, 0.29) is 24.7 Å². The fraction of sp³-hybridized carbons (Fsp3) is 0.200. The van der Waals surface area contributed by atoms with Crippen LogP contribution in [0.1, 0.15) is 22.4 Å². The zero-order chi connectivity index (χ0) is 18.0. The molecule has 0 saturated heterocycles. The molecule has 0 atom stereocenters. The molecule has 128 valence electrons. The van der Waals surface area contributed by atoms with Gasteiger partial charge in [0, 0.05) is 22.1 Å². The van der Waals surface area contributed by atoms with Gasteiger partial charge in [-0.3, -0.25) is 9.78 Å². The summed E-state index contributed by atoms with van der Waals surface area (Å²) in [5.74, 6) is -0.433. The maximum absolute atomic E-state index is 13.3. The van der Waals surface area contributed by atoms with Crippen LogP contribution < -0.4 is 5.32 Å². The average Bonchev–Trinajstić information content (AvgIpc) is 2.59. The first-order chi connectivity index (χ1) is 12.0. The number of carbonyl (C=O) groups excluding carboxylic acids is 1. The molecular weight excluding hydrogens is 383 g/mol. The Hall–Kier alpha value is -2.27. The molecule has 2 aromatic carbocycles. The number of fused-ring (bicyclic) bond motifs is 1. The first kappa shape index (κ1) is 17.5. The van der Waals surface area contributed by atoms with Crippen molar-refractivity contribution in [2.24, 2.45) is 0 Å². The molecule has 5 heteroatoms. The van der Waals surface area contributed by atoms with E-state index in [4.69, 9.17) is 0 Å². The molecule has 1 heterocycles. The van der Waals surface area contributed by atoms with Gasteiger partial charge in [-0.25, -0.2) is 4.39 Å². The number of pyridine rings is 1. The van der Waals surface area contributed by atoms with Crippen molar-refractivity contribution in [2.45, 2.75) is 26.8 Å². The van der Waals surface area contributed by atoms with Gasteiger partial charge in [0.15, 0.2) is 0 Å². The second kappa shape index (κ2) is 7.31. The molecule has 3 nitrogen and oxygen atoms in total. The fourth-order valence-corrected chi connectivity index (χ4v) is 3.31. The third-order valence-corrected chi connectivity index (χ3v) is 5.08. The van der Waals surface area contributed by atoms with Crippen LogP contribution in [0.2, 0.25) is 0 Å². The van der Waals surface area contributed by atoms with Gasteiger partial charge in [0.2, 0.25) is 5.91 Å². The summed E-state index contributed by atoms with van der Waals surface area (Å²) in [6.45, 7) is 4.21. The zero-order valence-electron chi connectivity index (χ0n) is 14.1. The minimum absolute atomic E-state index is 0.112. The summed E-state index contributed by atoms with van der Waals surface area (Å²) in [4.78, 5) is 17.0. The topological polar surface area (TPSA) is 42.0 Å². The highest BCUT2D eigenvalue weighted by Crippen LogP contribution is 2.23. The number of hydrogen-bond acceptors (Lipinski definition) is 2. The summed E-state index contributed by atoms with van der Waals surface area (Å²) in [7, 11) is 0. The number of nitrogens with zero attached hydrogens (tertiary/aromatic N) is 1. The summed E-state index contributed by atoms with van der Waals surface area (Å²) in [6, 6.07) is 12.3. The Morgan fingerprint density at radius 1 is 1.20 bits per heavy atom. The molecule has 3 rings (SSSR count). The van der Waals surface area contributed by atoms with E-state index in [0.29, 0.717) is 5.56 Å². The average molecular weight is 401 g/mol. The van der Waals surface area contributed by atoms with Crippen LogP contribution >= 0.6 is 15.9 Å². The second-order valence-electron chi connectivity index (χ2n) is 6.01. The van der Waals surface area contributed by atoms with Crippen LogP contribution in [0.3, 0.4) is 0 Å². The number of carbonyl (C=O) groups is 1. The summed E-state index contributed by atoms with van der Waals surface area (Å²) >= 11 is 3.37. The number of halogens is 2. The van der Waals surface area contributed by atoms with Crippen LogP contribution in [0.25, 0.3) is 10.9 Å². The van der Waals surface area contributed by atoms with Crippen molar-refractivity contribution in [1.82, 2.24) is 10.3 Å². The van der Waals surface area contributed by atoms with Gasteiger partial charge in [0.1, 0.15) is 5.82 Å². The van der Waals surface area contributed by atoms with E-state index in [1.165, 1.54) is 12.1 Å². The Kier molecular flexibility index (Phi) is 5.13. The van der Waals surface area contributed by atoms with Crippen molar-refractivity contribution in [1.29, 1.82) is 0 Å². The Bertz CT molecular complexity index is 956. The normalized spacial score (nSPS) is 10.9. The summed E-state index contributed by atoms with van der Waals surface area (Å²) in [5.41, 5.74) is 4.52.